The van der Waals surface area contributed by atoms with Crippen molar-refractivity contribution in [3.05, 3.63) is 0 Å². The number of aliphatic carboxylic acids is 1. The molecule has 0 atom stereocenters. The second-order valence-corrected chi connectivity index (χ2v) is 4.68. The Hall–Kier alpha value is -0.570. The van der Waals surface area contributed by atoms with E-state index in [2.05, 4.69) is 0 Å². The molecule has 2 aliphatic rings. The summed E-state index contributed by atoms with van der Waals surface area (Å²) in [5.41, 5.74) is -0.457. The lowest BCUT2D eigenvalue weighted by molar-refractivity contribution is -0.155. The van der Waals surface area contributed by atoms with Crippen LogP contribution < -0.4 is 0 Å². The molecular weight excluding hydrogens is 180 g/mol. The lowest BCUT2D eigenvalue weighted by atomic mass is 9.76. The van der Waals surface area contributed by atoms with Gasteiger partial charge in [-0.25, -0.2) is 0 Å². The molecule has 0 bridgehead atoms. The van der Waals surface area contributed by atoms with Crippen LogP contribution in [0.15, 0.2) is 0 Å². The number of carboxylic acid groups (broad SMARTS) is 1. The molecule has 0 spiro atoms. The number of carbonyl (C=O) groups is 1. The van der Waals surface area contributed by atoms with Crippen molar-refractivity contribution >= 4 is 5.97 Å². The Morgan fingerprint density at radius 2 is 2.00 bits per heavy atom. The van der Waals surface area contributed by atoms with Crippen LogP contribution in [0.25, 0.3) is 0 Å². The van der Waals surface area contributed by atoms with E-state index in [1.165, 1.54) is 12.8 Å². The molecule has 1 aliphatic heterocycles. The van der Waals surface area contributed by atoms with Crippen LogP contribution in [0.4, 0.5) is 0 Å². The van der Waals surface area contributed by atoms with E-state index in [1.807, 2.05) is 0 Å². The molecule has 14 heavy (non-hydrogen) atoms. The molecule has 3 heteroatoms. The number of ether oxygens (including phenoxy) is 1. The molecule has 0 aromatic heterocycles. The van der Waals surface area contributed by atoms with E-state index in [0.29, 0.717) is 26.1 Å². The van der Waals surface area contributed by atoms with E-state index in [1.54, 1.807) is 0 Å². The molecule has 0 aromatic rings. The number of hydrogen-bond donors (Lipinski definition) is 1. The molecule has 0 unspecified atom stereocenters. The first-order chi connectivity index (χ1) is 6.73. The highest BCUT2D eigenvalue weighted by atomic mass is 16.5. The van der Waals surface area contributed by atoms with Gasteiger partial charge in [0.15, 0.2) is 0 Å². The molecule has 1 saturated heterocycles. The Balaban J connectivity index is 1.92. The summed E-state index contributed by atoms with van der Waals surface area (Å²) in [6, 6.07) is 0. The van der Waals surface area contributed by atoms with Gasteiger partial charge in [-0.1, -0.05) is 12.8 Å². The van der Waals surface area contributed by atoms with Crippen molar-refractivity contribution in [2.45, 2.75) is 38.5 Å². The number of carboxylic acids is 1. The van der Waals surface area contributed by atoms with Crippen molar-refractivity contribution in [2.75, 3.05) is 13.2 Å². The van der Waals surface area contributed by atoms with Gasteiger partial charge in [-0.15, -0.1) is 0 Å². The average Bonchev–Trinajstić information content (AvgIpc) is 2.99. The monoisotopic (exact) mass is 198 g/mol. The topological polar surface area (TPSA) is 46.5 Å². The first-order valence-electron chi connectivity index (χ1n) is 5.54. The molecule has 0 radical (unpaired) electrons. The summed E-state index contributed by atoms with van der Waals surface area (Å²) >= 11 is 0. The van der Waals surface area contributed by atoms with Gasteiger partial charge in [-0.3, -0.25) is 4.79 Å². The Morgan fingerprint density at radius 3 is 2.50 bits per heavy atom. The highest BCUT2D eigenvalue weighted by Crippen LogP contribution is 2.42. The number of hydrogen-bond acceptors (Lipinski definition) is 2. The van der Waals surface area contributed by atoms with Gasteiger partial charge >= 0.3 is 5.97 Å². The standard InChI is InChI=1S/C11H18O3/c12-10(13)11(4-3-9-1-2-9)5-7-14-8-6-11/h9H,1-8H2,(H,12,13). The molecule has 3 nitrogen and oxygen atoms in total. The van der Waals surface area contributed by atoms with Gasteiger partial charge in [0.25, 0.3) is 0 Å². The van der Waals surface area contributed by atoms with Gasteiger partial charge in [0.05, 0.1) is 5.41 Å². The first kappa shape index (κ1) is 9.97. The molecule has 0 amide bonds. The zero-order valence-electron chi connectivity index (χ0n) is 8.50. The average molecular weight is 198 g/mol. The van der Waals surface area contributed by atoms with Crippen LogP contribution in [0.3, 0.4) is 0 Å². The molecule has 1 aliphatic carbocycles. The fraction of sp³-hybridized carbons (Fsp3) is 0.909. The minimum Gasteiger partial charge on any atom is -0.481 e. The van der Waals surface area contributed by atoms with Crippen LogP contribution in [0.5, 0.6) is 0 Å². The lowest BCUT2D eigenvalue weighted by Crippen LogP contribution is -2.37. The molecule has 80 valence electrons. The summed E-state index contributed by atoms with van der Waals surface area (Å²) in [6.45, 7) is 1.24. The van der Waals surface area contributed by atoms with E-state index in [0.717, 1.165) is 18.8 Å². The maximum absolute atomic E-state index is 11.3. The molecule has 1 N–H and O–H groups in total. The summed E-state index contributed by atoms with van der Waals surface area (Å²) in [5.74, 6) is 0.218. The molecule has 2 fully saturated rings. The SMILES string of the molecule is O=C(O)C1(CCC2CC2)CCOCC1. The summed E-state index contributed by atoms with van der Waals surface area (Å²) in [5, 5.41) is 9.27. The van der Waals surface area contributed by atoms with Crippen molar-refractivity contribution in [1.82, 2.24) is 0 Å². The first-order valence-corrected chi connectivity index (χ1v) is 5.54. The van der Waals surface area contributed by atoms with Gasteiger partial charge in [-0.2, -0.15) is 0 Å². The number of rotatable bonds is 4. The second kappa shape index (κ2) is 3.89. The van der Waals surface area contributed by atoms with Crippen LogP contribution in [-0.2, 0) is 9.53 Å². The Labute approximate surface area is 84.4 Å². The highest BCUT2D eigenvalue weighted by Gasteiger charge is 2.40. The fourth-order valence-corrected chi connectivity index (χ4v) is 2.22. The van der Waals surface area contributed by atoms with Crippen molar-refractivity contribution < 1.29 is 14.6 Å². The quantitative estimate of drug-likeness (QED) is 0.752. The van der Waals surface area contributed by atoms with E-state index in [-0.39, 0.29) is 0 Å². The molecule has 2 rings (SSSR count). The van der Waals surface area contributed by atoms with Crippen LogP contribution in [0, 0.1) is 11.3 Å². The summed E-state index contributed by atoms with van der Waals surface area (Å²) in [4.78, 5) is 11.3. The van der Waals surface area contributed by atoms with Crippen molar-refractivity contribution in [3.8, 4) is 0 Å². The van der Waals surface area contributed by atoms with E-state index >= 15 is 0 Å². The Bertz CT molecular complexity index is 215. The van der Waals surface area contributed by atoms with Crippen LogP contribution in [-0.4, -0.2) is 24.3 Å². The third-order valence-electron chi connectivity index (χ3n) is 3.63. The van der Waals surface area contributed by atoms with Crippen LogP contribution >= 0.6 is 0 Å². The Kier molecular flexibility index (Phi) is 2.77. The third kappa shape index (κ3) is 2.08. The van der Waals surface area contributed by atoms with E-state index in [4.69, 9.17) is 4.74 Å². The highest BCUT2D eigenvalue weighted by molar-refractivity contribution is 5.74. The smallest absolute Gasteiger partial charge is 0.309 e. The largest absolute Gasteiger partial charge is 0.481 e. The van der Waals surface area contributed by atoms with Crippen molar-refractivity contribution in [1.29, 1.82) is 0 Å². The van der Waals surface area contributed by atoms with Crippen molar-refractivity contribution in [2.24, 2.45) is 11.3 Å². The molecular formula is C11H18O3. The maximum atomic E-state index is 11.3. The van der Waals surface area contributed by atoms with Gasteiger partial charge in [0.2, 0.25) is 0 Å². The van der Waals surface area contributed by atoms with Gasteiger partial charge in [0.1, 0.15) is 0 Å². The van der Waals surface area contributed by atoms with Gasteiger partial charge < -0.3 is 9.84 Å². The molecule has 1 heterocycles. The molecule has 0 aromatic carbocycles. The van der Waals surface area contributed by atoms with Crippen LogP contribution in [0.1, 0.15) is 38.5 Å². The summed E-state index contributed by atoms with van der Waals surface area (Å²) < 4.78 is 5.23. The molecule has 1 saturated carbocycles. The summed E-state index contributed by atoms with van der Waals surface area (Å²) in [7, 11) is 0. The zero-order valence-corrected chi connectivity index (χ0v) is 8.50. The Morgan fingerprint density at radius 1 is 1.36 bits per heavy atom. The van der Waals surface area contributed by atoms with Crippen LogP contribution in [0.2, 0.25) is 0 Å². The zero-order chi connectivity index (χ0) is 10.0. The lowest BCUT2D eigenvalue weighted by Gasteiger charge is -2.33. The fourth-order valence-electron chi connectivity index (χ4n) is 2.22. The predicted octanol–water partition coefficient (Wildman–Crippen LogP) is 2.06. The third-order valence-corrected chi connectivity index (χ3v) is 3.63. The van der Waals surface area contributed by atoms with Gasteiger partial charge in [-0.05, 0) is 31.6 Å². The predicted molar refractivity (Wildman–Crippen MR) is 52.1 cm³/mol. The van der Waals surface area contributed by atoms with Gasteiger partial charge in [0, 0.05) is 13.2 Å². The normalized spacial score (nSPS) is 26.0. The second-order valence-electron chi connectivity index (χ2n) is 4.68. The summed E-state index contributed by atoms with van der Waals surface area (Å²) in [6.07, 6.45) is 5.99. The minimum absolute atomic E-state index is 0.457. The van der Waals surface area contributed by atoms with E-state index in [9.17, 15) is 9.90 Å². The van der Waals surface area contributed by atoms with Crippen molar-refractivity contribution in [3.63, 3.8) is 0 Å². The van der Waals surface area contributed by atoms with E-state index < -0.39 is 11.4 Å². The maximum Gasteiger partial charge on any atom is 0.309 e. The minimum atomic E-state index is -0.610.